The average Bonchev–Trinajstić information content (AvgIpc) is 3.22. The highest BCUT2D eigenvalue weighted by Crippen LogP contribution is 2.22. The summed E-state index contributed by atoms with van der Waals surface area (Å²) in [4.78, 5) is 26.2. The number of carbonyl (C=O) groups excluding carboxylic acids is 1. The number of carbonyl (C=O) groups is 1. The zero-order valence-corrected chi connectivity index (χ0v) is 18.6. The number of morpholine rings is 1. The minimum atomic E-state index is -0.673. The molecule has 0 unspecified atom stereocenters. The van der Waals surface area contributed by atoms with Gasteiger partial charge in [0.1, 0.15) is 11.5 Å². The third kappa shape index (κ3) is 5.41. The fraction of sp³-hybridized carbons (Fsp3) is 0.522. The molecular weight excluding hydrogens is 424 g/mol. The van der Waals surface area contributed by atoms with Gasteiger partial charge in [0.05, 0.1) is 38.6 Å². The molecule has 4 heterocycles. The number of aliphatic hydroxyl groups is 1. The van der Waals surface area contributed by atoms with Crippen molar-refractivity contribution in [2.75, 3.05) is 62.8 Å². The number of rotatable bonds is 8. The summed E-state index contributed by atoms with van der Waals surface area (Å²) in [5.41, 5.74) is 2.86. The Bertz CT molecular complexity index is 954. The first-order valence-electron chi connectivity index (χ1n) is 11.5. The molecule has 10 heteroatoms. The molecular formula is C23H30N6O4. The van der Waals surface area contributed by atoms with Gasteiger partial charge in [-0.25, -0.2) is 4.98 Å². The minimum absolute atomic E-state index is 0.155. The van der Waals surface area contributed by atoms with Crippen molar-refractivity contribution in [1.29, 1.82) is 0 Å². The number of benzene rings is 1. The lowest BCUT2D eigenvalue weighted by Crippen LogP contribution is -2.42. The molecule has 0 bridgehead atoms. The molecule has 2 fully saturated rings. The highest BCUT2D eigenvalue weighted by molar-refractivity contribution is 5.93. The van der Waals surface area contributed by atoms with Crippen molar-refractivity contribution in [1.82, 2.24) is 20.2 Å². The van der Waals surface area contributed by atoms with Crippen LogP contribution in [-0.2, 0) is 22.6 Å². The third-order valence-corrected chi connectivity index (χ3v) is 6.10. The number of fused-ring (bicyclic) bond motifs is 1. The summed E-state index contributed by atoms with van der Waals surface area (Å²) in [5, 5.41) is 16.7. The van der Waals surface area contributed by atoms with Crippen LogP contribution in [0.2, 0.25) is 0 Å². The van der Waals surface area contributed by atoms with Crippen molar-refractivity contribution in [2.45, 2.75) is 25.2 Å². The zero-order valence-electron chi connectivity index (χ0n) is 18.6. The average molecular weight is 455 g/mol. The normalized spacial score (nSPS) is 19.6. The van der Waals surface area contributed by atoms with Crippen molar-refractivity contribution < 1.29 is 19.4 Å². The fourth-order valence-electron chi connectivity index (χ4n) is 4.25. The maximum absolute atomic E-state index is 12.9. The van der Waals surface area contributed by atoms with Crippen LogP contribution in [0.25, 0.3) is 0 Å². The number of nitrogens with zero attached hydrogens (tertiary/aromatic N) is 4. The van der Waals surface area contributed by atoms with Crippen molar-refractivity contribution in [2.24, 2.45) is 0 Å². The number of aliphatic hydroxyl groups excluding tert-OH is 1. The Balaban J connectivity index is 1.20. The molecule has 0 aliphatic carbocycles. The van der Waals surface area contributed by atoms with E-state index in [1.165, 1.54) is 11.1 Å². The van der Waals surface area contributed by atoms with Gasteiger partial charge in [-0.1, -0.05) is 24.3 Å². The molecule has 3 aliphatic heterocycles. The van der Waals surface area contributed by atoms with E-state index in [1.807, 2.05) is 17.0 Å². The van der Waals surface area contributed by atoms with E-state index in [0.29, 0.717) is 57.8 Å². The van der Waals surface area contributed by atoms with Gasteiger partial charge in [-0.2, -0.15) is 4.98 Å². The number of amides is 1. The second-order valence-corrected chi connectivity index (χ2v) is 8.72. The molecule has 0 radical (unpaired) electrons. The van der Waals surface area contributed by atoms with E-state index in [9.17, 15) is 9.90 Å². The first-order valence-corrected chi connectivity index (χ1v) is 11.5. The largest absolute Gasteiger partial charge is 0.390 e. The van der Waals surface area contributed by atoms with Crippen molar-refractivity contribution in [3.63, 3.8) is 0 Å². The van der Waals surface area contributed by atoms with Crippen LogP contribution in [-0.4, -0.2) is 90.6 Å². The van der Waals surface area contributed by atoms with Gasteiger partial charge in [0.25, 0.3) is 5.91 Å². The number of aromatic nitrogens is 2. The van der Waals surface area contributed by atoms with Crippen LogP contribution in [0, 0.1) is 0 Å². The summed E-state index contributed by atoms with van der Waals surface area (Å²) in [6.45, 7) is 6.06. The summed E-state index contributed by atoms with van der Waals surface area (Å²) < 4.78 is 10.6. The first-order chi connectivity index (χ1) is 16.1. The predicted molar refractivity (Wildman–Crippen MR) is 122 cm³/mol. The topological polar surface area (TPSA) is 112 Å². The van der Waals surface area contributed by atoms with Gasteiger partial charge >= 0.3 is 0 Å². The van der Waals surface area contributed by atoms with Gasteiger partial charge in [-0.15, -0.1) is 0 Å². The number of nitrogens with one attached hydrogen (secondary N) is 2. The smallest absolute Gasteiger partial charge is 0.270 e. The highest BCUT2D eigenvalue weighted by atomic mass is 16.5. The second-order valence-electron chi connectivity index (χ2n) is 8.72. The van der Waals surface area contributed by atoms with Gasteiger partial charge in [0.2, 0.25) is 5.95 Å². The second kappa shape index (κ2) is 10.0. The molecule has 1 aromatic heterocycles. The van der Waals surface area contributed by atoms with Crippen LogP contribution < -0.4 is 15.5 Å². The van der Waals surface area contributed by atoms with Gasteiger partial charge < -0.3 is 30.1 Å². The Kier molecular flexibility index (Phi) is 6.68. The van der Waals surface area contributed by atoms with E-state index >= 15 is 0 Å². The summed E-state index contributed by atoms with van der Waals surface area (Å²) in [5.74, 6) is 0.771. The standard InChI is InChI=1S/C23H30N6O4/c30-19(13-28-11-16-3-1-2-4-17(16)12-28)10-24-22(31)20-9-21(25-18-14-33-15-18)27-23(26-20)29-5-7-32-8-6-29/h1-4,9,18-19,30H,5-8,10-15H2,(H,24,31)(H,25,26,27)/t19-/m0/s1. The molecule has 176 valence electrons. The molecule has 1 atom stereocenters. The quantitative estimate of drug-likeness (QED) is 0.516. The maximum atomic E-state index is 12.9. The van der Waals surface area contributed by atoms with Gasteiger partial charge in [-0.05, 0) is 11.1 Å². The molecule has 1 amide bonds. The van der Waals surface area contributed by atoms with Crippen LogP contribution in [0.15, 0.2) is 30.3 Å². The molecule has 5 rings (SSSR count). The molecule has 33 heavy (non-hydrogen) atoms. The van der Waals surface area contributed by atoms with Gasteiger partial charge in [0.15, 0.2) is 0 Å². The van der Waals surface area contributed by atoms with Gasteiger partial charge in [-0.3, -0.25) is 9.69 Å². The highest BCUT2D eigenvalue weighted by Gasteiger charge is 2.24. The number of β-amino-alcohol motifs (C(OH)–C–C–N with tert-alkyl or cyclic N) is 1. The van der Waals surface area contributed by atoms with E-state index in [2.05, 4.69) is 37.6 Å². The molecule has 2 saturated heterocycles. The van der Waals surface area contributed by atoms with E-state index in [-0.39, 0.29) is 24.2 Å². The summed E-state index contributed by atoms with van der Waals surface area (Å²) in [6, 6.07) is 10.1. The van der Waals surface area contributed by atoms with Crippen LogP contribution in [0.3, 0.4) is 0 Å². The summed E-state index contributed by atoms with van der Waals surface area (Å²) in [7, 11) is 0. The van der Waals surface area contributed by atoms with E-state index in [0.717, 1.165) is 13.1 Å². The Labute approximate surface area is 192 Å². The maximum Gasteiger partial charge on any atom is 0.270 e. The third-order valence-electron chi connectivity index (χ3n) is 6.10. The fourth-order valence-corrected chi connectivity index (χ4v) is 4.25. The van der Waals surface area contributed by atoms with Crippen LogP contribution in [0.4, 0.5) is 11.8 Å². The van der Waals surface area contributed by atoms with Crippen molar-refractivity contribution >= 4 is 17.7 Å². The van der Waals surface area contributed by atoms with Crippen molar-refractivity contribution in [3.8, 4) is 0 Å². The Morgan fingerprint density at radius 2 is 1.85 bits per heavy atom. The molecule has 3 N–H and O–H groups in total. The number of hydrogen-bond acceptors (Lipinski definition) is 9. The molecule has 3 aliphatic rings. The predicted octanol–water partition coefficient (Wildman–Crippen LogP) is 0.230. The van der Waals surface area contributed by atoms with E-state index < -0.39 is 6.10 Å². The molecule has 10 nitrogen and oxygen atoms in total. The Hall–Kier alpha value is -2.79. The van der Waals surface area contributed by atoms with Crippen LogP contribution >= 0.6 is 0 Å². The Morgan fingerprint density at radius 1 is 1.12 bits per heavy atom. The SMILES string of the molecule is O=C(NC[C@H](O)CN1Cc2ccccc2C1)c1cc(NC2COC2)nc(N2CCOCC2)n1. The lowest BCUT2D eigenvalue weighted by atomic mass is 10.1. The number of anilines is 2. The molecule has 0 spiro atoms. The molecule has 1 aromatic carbocycles. The summed E-state index contributed by atoms with van der Waals surface area (Å²) >= 11 is 0. The number of hydrogen-bond donors (Lipinski definition) is 3. The van der Waals surface area contributed by atoms with E-state index in [4.69, 9.17) is 9.47 Å². The Morgan fingerprint density at radius 3 is 2.52 bits per heavy atom. The molecule has 0 saturated carbocycles. The monoisotopic (exact) mass is 454 g/mol. The van der Waals surface area contributed by atoms with Crippen molar-refractivity contribution in [3.05, 3.63) is 47.2 Å². The van der Waals surface area contributed by atoms with Crippen LogP contribution in [0.1, 0.15) is 21.6 Å². The minimum Gasteiger partial charge on any atom is -0.390 e. The van der Waals surface area contributed by atoms with Gasteiger partial charge in [0, 0.05) is 45.3 Å². The number of ether oxygens (including phenoxy) is 2. The lowest BCUT2D eigenvalue weighted by molar-refractivity contribution is 0.0209. The summed E-state index contributed by atoms with van der Waals surface area (Å²) in [6.07, 6.45) is -0.673. The zero-order chi connectivity index (χ0) is 22.6. The lowest BCUT2D eigenvalue weighted by Gasteiger charge is -2.29. The van der Waals surface area contributed by atoms with Crippen LogP contribution in [0.5, 0.6) is 0 Å². The van der Waals surface area contributed by atoms with E-state index in [1.54, 1.807) is 6.07 Å². The first kappa shape index (κ1) is 22.0. The molecule has 2 aromatic rings.